The molecule has 0 fully saturated rings. The van der Waals surface area contributed by atoms with E-state index in [2.05, 4.69) is 16.4 Å². The summed E-state index contributed by atoms with van der Waals surface area (Å²) in [6.07, 6.45) is 0. The fourth-order valence-corrected chi connectivity index (χ4v) is 2.58. The molecular weight excluding hydrogens is 455 g/mol. The van der Waals surface area contributed by atoms with Crippen LogP contribution in [0.3, 0.4) is 0 Å². The molecule has 0 saturated heterocycles. The SMILES string of the molecule is CN=C(NCc1ccc(C#N)cc1)N(C)Cc1ccc(OC)cc1OC.I. The molecule has 2 aromatic carbocycles. The van der Waals surface area contributed by atoms with E-state index in [1.807, 2.05) is 54.4 Å². The second-order valence-electron chi connectivity index (χ2n) is 5.74. The first-order chi connectivity index (χ1) is 12.6. The second-order valence-corrected chi connectivity index (χ2v) is 5.74. The Morgan fingerprint density at radius 3 is 2.41 bits per heavy atom. The van der Waals surface area contributed by atoms with Crippen LogP contribution in [-0.2, 0) is 13.1 Å². The van der Waals surface area contributed by atoms with E-state index in [0.717, 1.165) is 28.6 Å². The van der Waals surface area contributed by atoms with Crippen molar-refractivity contribution in [3.8, 4) is 17.6 Å². The fraction of sp³-hybridized carbons (Fsp3) is 0.300. The van der Waals surface area contributed by atoms with Gasteiger partial charge >= 0.3 is 0 Å². The molecule has 0 amide bonds. The van der Waals surface area contributed by atoms with E-state index >= 15 is 0 Å². The van der Waals surface area contributed by atoms with Gasteiger partial charge in [-0.1, -0.05) is 12.1 Å². The Kier molecular flexibility index (Phi) is 9.44. The molecule has 27 heavy (non-hydrogen) atoms. The van der Waals surface area contributed by atoms with Gasteiger partial charge in [0, 0.05) is 38.8 Å². The number of nitriles is 1. The average Bonchev–Trinajstić information content (AvgIpc) is 2.69. The van der Waals surface area contributed by atoms with Crippen LogP contribution >= 0.6 is 24.0 Å². The van der Waals surface area contributed by atoms with Crippen LogP contribution in [0.5, 0.6) is 11.5 Å². The Labute approximate surface area is 177 Å². The molecule has 0 aromatic heterocycles. The monoisotopic (exact) mass is 480 g/mol. The second kappa shape index (κ2) is 11.3. The lowest BCUT2D eigenvalue weighted by molar-refractivity contribution is 0.382. The minimum atomic E-state index is 0. The summed E-state index contributed by atoms with van der Waals surface area (Å²) in [4.78, 5) is 6.36. The zero-order chi connectivity index (χ0) is 18.9. The molecule has 1 N–H and O–H groups in total. The summed E-state index contributed by atoms with van der Waals surface area (Å²) in [6.45, 7) is 1.27. The summed E-state index contributed by atoms with van der Waals surface area (Å²) in [7, 11) is 7.01. The quantitative estimate of drug-likeness (QED) is 0.390. The van der Waals surface area contributed by atoms with E-state index in [0.29, 0.717) is 18.7 Å². The topological polar surface area (TPSA) is 69.9 Å². The first-order valence-corrected chi connectivity index (χ1v) is 8.23. The third kappa shape index (κ3) is 6.32. The Morgan fingerprint density at radius 2 is 1.85 bits per heavy atom. The van der Waals surface area contributed by atoms with Crippen molar-refractivity contribution in [2.24, 2.45) is 4.99 Å². The summed E-state index contributed by atoms with van der Waals surface area (Å²) in [5.41, 5.74) is 2.78. The van der Waals surface area contributed by atoms with Crippen LogP contribution in [0.25, 0.3) is 0 Å². The summed E-state index contributed by atoms with van der Waals surface area (Å²) >= 11 is 0. The number of rotatable bonds is 6. The molecule has 0 radical (unpaired) electrons. The van der Waals surface area contributed by atoms with Crippen LogP contribution in [0.4, 0.5) is 0 Å². The third-order valence-corrected chi connectivity index (χ3v) is 4.01. The van der Waals surface area contributed by atoms with E-state index in [1.54, 1.807) is 21.3 Å². The minimum Gasteiger partial charge on any atom is -0.497 e. The first kappa shape index (κ1) is 22.6. The fourth-order valence-electron chi connectivity index (χ4n) is 2.58. The van der Waals surface area contributed by atoms with Gasteiger partial charge in [0.2, 0.25) is 0 Å². The highest BCUT2D eigenvalue weighted by atomic mass is 127. The summed E-state index contributed by atoms with van der Waals surface area (Å²) < 4.78 is 10.7. The van der Waals surface area contributed by atoms with Crippen molar-refractivity contribution in [1.29, 1.82) is 5.26 Å². The molecule has 0 atom stereocenters. The zero-order valence-corrected chi connectivity index (χ0v) is 18.4. The van der Waals surface area contributed by atoms with Crippen LogP contribution in [0.15, 0.2) is 47.5 Å². The smallest absolute Gasteiger partial charge is 0.193 e. The van der Waals surface area contributed by atoms with Crippen molar-refractivity contribution < 1.29 is 9.47 Å². The predicted octanol–water partition coefficient (Wildman–Crippen LogP) is 3.40. The number of benzene rings is 2. The molecule has 144 valence electrons. The number of guanidine groups is 1. The molecule has 0 aliphatic rings. The molecule has 0 saturated carbocycles. The molecule has 6 nitrogen and oxygen atoms in total. The van der Waals surface area contributed by atoms with Gasteiger partial charge in [0.1, 0.15) is 11.5 Å². The van der Waals surface area contributed by atoms with Crippen molar-refractivity contribution in [1.82, 2.24) is 10.2 Å². The van der Waals surface area contributed by atoms with Gasteiger partial charge in [0.25, 0.3) is 0 Å². The molecule has 0 unspecified atom stereocenters. The van der Waals surface area contributed by atoms with Crippen LogP contribution in [-0.4, -0.2) is 39.2 Å². The van der Waals surface area contributed by atoms with E-state index in [1.165, 1.54) is 0 Å². The van der Waals surface area contributed by atoms with Crippen molar-refractivity contribution in [3.05, 3.63) is 59.2 Å². The van der Waals surface area contributed by atoms with E-state index in [-0.39, 0.29) is 24.0 Å². The third-order valence-electron chi connectivity index (χ3n) is 4.01. The molecular formula is C20H25IN4O2. The number of aliphatic imine (C=N–C) groups is 1. The summed E-state index contributed by atoms with van der Waals surface area (Å²) in [6, 6.07) is 15.4. The van der Waals surface area contributed by atoms with Gasteiger partial charge in [-0.05, 0) is 29.8 Å². The summed E-state index contributed by atoms with van der Waals surface area (Å²) in [5, 5.41) is 12.2. The molecule has 0 aliphatic heterocycles. The average molecular weight is 480 g/mol. The van der Waals surface area contributed by atoms with Crippen LogP contribution < -0.4 is 14.8 Å². The Bertz CT molecular complexity index is 801. The normalized spacial score (nSPS) is 10.4. The maximum absolute atomic E-state index is 8.86. The highest BCUT2D eigenvalue weighted by molar-refractivity contribution is 14.0. The van der Waals surface area contributed by atoms with Gasteiger partial charge in [0.15, 0.2) is 5.96 Å². The van der Waals surface area contributed by atoms with E-state index in [4.69, 9.17) is 14.7 Å². The lowest BCUT2D eigenvalue weighted by Gasteiger charge is -2.23. The molecule has 0 heterocycles. The number of nitrogens with zero attached hydrogens (tertiary/aromatic N) is 3. The lowest BCUT2D eigenvalue weighted by Crippen LogP contribution is -2.38. The largest absolute Gasteiger partial charge is 0.497 e. The van der Waals surface area contributed by atoms with Crippen LogP contribution in [0, 0.1) is 11.3 Å². The maximum atomic E-state index is 8.86. The standard InChI is InChI=1S/C20H24N4O2.HI/c1-22-20(23-13-16-7-5-15(12-21)6-8-16)24(2)14-17-9-10-18(25-3)11-19(17)26-4;/h5-11H,13-14H2,1-4H3,(H,22,23);1H. The molecule has 0 bridgehead atoms. The highest BCUT2D eigenvalue weighted by Crippen LogP contribution is 2.25. The Hall–Kier alpha value is -2.47. The lowest BCUT2D eigenvalue weighted by atomic mass is 10.1. The van der Waals surface area contributed by atoms with Crippen LogP contribution in [0.1, 0.15) is 16.7 Å². The maximum Gasteiger partial charge on any atom is 0.193 e. The first-order valence-electron chi connectivity index (χ1n) is 8.23. The summed E-state index contributed by atoms with van der Waals surface area (Å²) in [5.74, 6) is 2.31. The number of ether oxygens (including phenoxy) is 2. The van der Waals surface area contributed by atoms with Crippen molar-refractivity contribution >= 4 is 29.9 Å². The number of halogens is 1. The molecule has 2 aromatic rings. The Balaban J connectivity index is 0.00000364. The van der Waals surface area contributed by atoms with Gasteiger partial charge in [-0.25, -0.2) is 0 Å². The Morgan fingerprint density at radius 1 is 1.15 bits per heavy atom. The van der Waals surface area contributed by atoms with E-state index in [9.17, 15) is 0 Å². The highest BCUT2D eigenvalue weighted by Gasteiger charge is 2.11. The van der Waals surface area contributed by atoms with Gasteiger partial charge in [0.05, 0.1) is 25.9 Å². The van der Waals surface area contributed by atoms with Crippen molar-refractivity contribution in [2.75, 3.05) is 28.3 Å². The number of hydrogen-bond donors (Lipinski definition) is 1. The van der Waals surface area contributed by atoms with Gasteiger partial charge in [-0.2, -0.15) is 5.26 Å². The van der Waals surface area contributed by atoms with Crippen molar-refractivity contribution in [3.63, 3.8) is 0 Å². The van der Waals surface area contributed by atoms with Crippen molar-refractivity contribution in [2.45, 2.75) is 13.1 Å². The van der Waals surface area contributed by atoms with E-state index < -0.39 is 0 Å². The number of nitrogens with one attached hydrogen (secondary N) is 1. The minimum absolute atomic E-state index is 0. The van der Waals surface area contributed by atoms with Gasteiger partial charge in [-0.3, -0.25) is 4.99 Å². The van der Waals surface area contributed by atoms with Gasteiger partial charge < -0.3 is 19.7 Å². The molecule has 0 aliphatic carbocycles. The van der Waals surface area contributed by atoms with Crippen LogP contribution in [0.2, 0.25) is 0 Å². The van der Waals surface area contributed by atoms with Gasteiger partial charge in [-0.15, -0.1) is 24.0 Å². The number of methoxy groups -OCH3 is 2. The molecule has 7 heteroatoms. The number of hydrogen-bond acceptors (Lipinski definition) is 4. The molecule has 0 spiro atoms. The zero-order valence-electron chi connectivity index (χ0n) is 16.0. The molecule has 2 rings (SSSR count). The predicted molar refractivity (Wildman–Crippen MR) is 118 cm³/mol.